The number of aromatic nitrogens is 1. The lowest BCUT2D eigenvalue weighted by molar-refractivity contribution is 0.325. The molecular weight excluding hydrogens is 262 g/mol. The molecule has 0 unspecified atom stereocenters. The Morgan fingerprint density at radius 3 is 2.57 bits per heavy atom. The van der Waals surface area contributed by atoms with Crippen LogP contribution in [0.4, 0.5) is 11.6 Å². The molecule has 21 heavy (non-hydrogen) atoms. The highest BCUT2D eigenvalue weighted by molar-refractivity contribution is 5.44. The SMILES string of the molecule is CN(CCCNc1cccc(NN)n1)Cc1ccccc1. The fraction of sp³-hybridized carbons (Fsp3) is 0.312. The summed E-state index contributed by atoms with van der Waals surface area (Å²) in [4.78, 5) is 6.64. The van der Waals surface area contributed by atoms with Gasteiger partial charge in [0.15, 0.2) is 0 Å². The van der Waals surface area contributed by atoms with E-state index >= 15 is 0 Å². The van der Waals surface area contributed by atoms with E-state index in [2.05, 4.69) is 51.9 Å². The third-order valence-electron chi connectivity index (χ3n) is 3.22. The van der Waals surface area contributed by atoms with Crippen LogP contribution in [0.25, 0.3) is 0 Å². The van der Waals surface area contributed by atoms with Crippen molar-refractivity contribution in [2.24, 2.45) is 5.84 Å². The smallest absolute Gasteiger partial charge is 0.142 e. The van der Waals surface area contributed by atoms with E-state index in [1.54, 1.807) is 0 Å². The number of pyridine rings is 1. The first-order valence-corrected chi connectivity index (χ1v) is 7.18. The van der Waals surface area contributed by atoms with Crippen molar-refractivity contribution in [2.75, 3.05) is 30.9 Å². The number of nitrogen functional groups attached to an aromatic ring is 1. The summed E-state index contributed by atoms with van der Waals surface area (Å²) in [5.41, 5.74) is 3.89. The van der Waals surface area contributed by atoms with Crippen LogP contribution in [0.1, 0.15) is 12.0 Å². The van der Waals surface area contributed by atoms with Gasteiger partial charge in [0, 0.05) is 13.1 Å². The van der Waals surface area contributed by atoms with Crippen molar-refractivity contribution in [3.8, 4) is 0 Å². The highest BCUT2D eigenvalue weighted by Gasteiger charge is 2.00. The van der Waals surface area contributed by atoms with Gasteiger partial charge < -0.3 is 15.6 Å². The van der Waals surface area contributed by atoms with Crippen LogP contribution in [-0.4, -0.2) is 30.0 Å². The average molecular weight is 285 g/mol. The zero-order valence-electron chi connectivity index (χ0n) is 12.4. The van der Waals surface area contributed by atoms with Gasteiger partial charge in [-0.25, -0.2) is 10.8 Å². The molecule has 0 amide bonds. The fourth-order valence-electron chi connectivity index (χ4n) is 2.15. The van der Waals surface area contributed by atoms with Gasteiger partial charge in [-0.2, -0.15) is 0 Å². The third kappa shape index (κ3) is 5.41. The zero-order chi connectivity index (χ0) is 14.9. The van der Waals surface area contributed by atoms with E-state index in [1.165, 1.54) is 5.56 Å². The Kier molecular flexibility index (Phi) is 5.99. The summed E-state index contributed by atoms with van der Waals surface area (Å²) in [6.07, 6.45) is 1.06. The monoisotopic (exact) mass is 285 g/mol. The van der Waals surface area contributed by atoms with E-state index in [0.717, 1.165) is 31.9 Å². The van der Waals surface area contributed by atoms with E-state index in [0.29, 0.717) is 5.82 Å². The van der Waals surface area contributed by atoms with Crippen LogP contribution in [0, 0.1) is 0 Å². The van der Waals surface area contributed by atoms with Crippen molar-refractivity contribution in [3.63, 3.8) is 0 Å². The molecule has 2 rings (SSSR count). The van der Waals surface area contributed by atoms with Crippen LogP contribution in [-0.2, 0) is 6.54 Å². The molecule has 0 atom stereocenters. The molecule has 4 N–H and O–H groups in total. The van der Waals surface area contributed by atoms with Crippen molar-refractivity contribution < 1.29 is 0 Å². The van der Waals surface area contributed by atoms with Gasteiger partial charge >= 0.3 is 0 Å². The summed E-state index contributed by atoms with van der Waals surface area (Å²) < 4.78 is 0. The molecule has 0 aliphatic heterocycles. The van der Waals surface area contributed by atoms with Crippen molar-refractivity contribution >= 4 is 11.6 Å². The summed E-state index contributed by atoms with van der Waals surface area (Å²) in [7, 11) is 2.14. The Labute approximate surface area is 126 Å². The van der Waals surface area contributed by atoms with Crippen LogP contribution in [0.3, 0.4) is 0 Å². The molecule has 0 fully saturated rings. The van der Waals surface area contributed by atoms with Gasteiger partial charge in [0.1, 0.15) is 11.6 Å². The van der Waals surface area contributed by atoms with E-state index in [1.807, 2.05) is 24.3 Å². The predicted molar refractivity (Wildman–Crippen MR) is 87.9 cm³/mol. The number of nitrogens with zero attached hydrogens (tertiary/aromatic N) is 2. The van der Waals surface area contributed by atoms with Gasteiger partial charge in [-0.3, -0.25) is 0 Å². The first kappa shape index (κ1) is 15.3. The standard InChI is InChI=1S/C16H23N5/c1-21(13-14-7-3-2-4-8-14)12-6-11-18-15-9-5-10-16(19-15)20-17/h2-5,7-10H,6,11-13,17H2,1H3,(H2,18,19,20). The number of hydrogen-bond donors (Lipinski definition) is 3. The van der Waals surface area contributed by atoms with Gasteiger partial charge in [-0.05, 0) is 37.7 Å². The fourth-order valence-corrected chi connectivity index (χ4v) is 2.15. The summed E-state index contributed by atoms with van der Waals surface area (Å²) >= 11 is 0. The molecule has 0 bridgehead atoms. The number of nitrogens with two attached hydrogens (primary N) is 1. The zero-order valence-corrected chi connectivity index (χ0v) is 12.4. The minimum Gasteiger partial charge on any atom is -0.370 e. The van der Waals surface area contributed by atoms with Crippen molar-refractivity contribution in [1.82, 2.24) is 9.88 Å². The summed E-state index contributed by atoms with van der Waals surface area (Å²) in [6, 6.07) is 16.2. The molecule has 0 spiro atoms. The number of hydrogen-bond acceptors (Lipinski definition) is 5. The number of hydrazine groups is 1. The Hall–Kier alpha value is -2.11. The molecule has 0 saturated carbocycles. The summed E-state index contributed by atoms with van der Waals surface area (Å²) in [5.74, 6) is 6.85. The quantitative estimate of drug-likeness (QED) is 0.394. The van der Waals surface area contributed by atoms with Crippen LogP contribution in [0.5, 0.6) is 0 Å². The molecule has 0 saturated heterocycles. The molecule has 2 aromatic rings. The maximum Gasteiger partial charge on any atom is 0.142 e. The molecule has 1 aromatic heterocycles. The number of rotatable bonds is 8. The summed E-state index contributed by atoms with van der Waals surface area (Å²) in [6.45, 7) is 2.91. The van der Waals surface area contributed by atoms with E-state index in [9.17, 15) is 0 Å². The number of nitrogens with one attached hydrogen (secondary N) is 2. The second-order valence-corrected chi connectivity index (χ2v) is 5.06. The lowest BCUT2D eigenvalue weighted by atomic mass is 10.2. The largest absolute Gasteiger partial charge is 0.370 e. The first-order valence-electron chi connectivity index (χ1n) is 7.18. The highest BCUT2D eigenvalue weighted by Crippen LogP contribution is 2.08. The Morgan fingerprint density at radius 1 is 1.05 bits per heavy atom. The Bertz CT molecular complexity index is 529. The normalized spacial score (nSPS) is 10.6. The van der Waals surface area contributed by atoms with Crippen LogP contribution in [0.15, 0.2) is 48.5 Å². The van der Waals surface area contributed by atoms with Gasteiger partial charge in [-0.1, -0.05) is 36.4 Å². The molecule has 1 heterocycles. The van der Waals surface area contributed by atoms with Crippen LogP contribution < -0.4 is 16.6 Å². The lowest BCUT2D eigenvalue weighted by Crippen LogP contribution is -2.21. The van der Waals surface area contributed by atoms with Crippen molar-refractivity contribution in [3.05, 3.63) is 54.1 Å². The highest BCUT2D eigenvalue weighted by atomic mass is 15.3. The molecule has 0 radical (unpaired) electrons. The van der Waals surface area contributed by atoms with Gasteiger partial charge in [-0.15, -0.1) is 0 Å². The van der Waals surface area contributed by atoms with E-state index < -0.39 is 0 Å². The van der Waals surface area contributed by atoms with Gasteiger partial charge in [0.2, 0.25) is 0 Å². The minimum absolute atomic E-state index is 0.668. The second-order valence-electron chi connectivity index (χ2n) is 5.06. The molecule has 1 aromatic carbocycles. The summed E-state index contributed by atoms with van der Waals surface area (Å²) in [5, 5.41) is 3.31. The molecular formula is C16H23N5. The molecule has 112 valence electrons. The van der Waals surface area contributed by atoms with Crippen LogP contribution >= 0.6 is 0 Å². The van der Waals surface area contributed by atoms with Crippen molar-refractivity contribution in [2.45, 2.75) is 13.0 Å². The Balaban J connectivity index is 1.67. The number of benzene rings is 1. The van der Waals surface area contributed by atoms with E-state index in [-0.39, 0.29) is 0 Å². The van der Waals surface area contributed by atoms with Gasteiger partial charge in [0.05, 0.1) is 0 Å². The molecule has 0 aliphatic rings. The molecule has 5 heteroatoms. The molecule has 0 aliphatic carbocycles. The average Bonchev–Trinajstić information content (AvgIpc) is 2.53. The van der Waals surface area contributed by atoms with Crippen LogP contribution in [0.2, 0.25) is 0 Å². The number of anilines is 2. The van der Waals surface area contributed by atoms with Gasteiger partial charge in [0.25, 0.3) is 0 Å². The van der Waals surface area contributed by atoms with E-state index in [4.69, 9.17) is 5.84 Å². The second kappa shape index (κ2) is 8.24. The molecule has 5 nitrogen and oxygen atoms in total. The first-order chi connectivity index (χ1) is 10.3. The third-order valence-corrected chi connectivity index (χ3v) is 3.22. The minimum atomic E-state index is 0.668. The maximum absolute atomic E-state index is 5.34. The maximum atomic E-state index is 5.34. The topological polar surface area (TPSA) is 66.2 Å². The van der Waals surface area contributed by atoms with Crippen molar-refractivity contribution in [1.29, 1.82) is 0 Å². The predicted octanol–water partition coefficient (Wildman–Crippen LogP) is 2.30. The lowest BCUT2D eigenvalue weighted by Gasteiger charge is -2.17. The Morgan fingerprint density at radius 2 is 1.81 bits per heavy atom.